The Kier molecular flexibility index (Phi) is 6.63. The molecule has 0 aromatic rings. The Hall–Kier alpha value is 0.880. The normalized spacial score (nSPS) is 34.3. The van der Waals surface area contributed by atoms with Gasteiger partial charge in [0, 0.05) is 6.54 Å². The second-order valence-corrected chi connectivity index (χ2v) is 11.0. The van der Waals surface area contributed by atoms with Gasteiger partial charge in [0.25, 0.3) is 0 Å². The van der Waals surface area contributed by atoms with Gasteiger partial charge in [-0.2, -0.15) is 0 Å². The fourth-order valence-corrected chi connectivity index (χ4v) is 4.47. The molecule has 0 spiro atoms. The summed E-state index contributed by atoms with van der Waals surface area (Å²) < 4.78 is 5.58. The van der Waals surface area contributed by atoms with Crippen LogP contribution in [0.25, 0.3) is 0 Å². The molecule has 18 heavy (non-hydrogen) atoms. The number of nitrogens with two attached hydrogens (primary N) is 1. The number of rotatable bonds is 5. The topological polar surface area (TPSA) is 55.5 Å². The minimum Gasteiger partial charge on any atom is -0.338 e. The van der Waals surface area contributed by atoms with E-state index in [2.05, 4.69) is 33.0 Å². The van der Waals surface area contributed by atoms with Crippen LogP contribution in [0.5, 0.6) is 0 Å². The second kappa shape index (κ2) is 7.05. The summed E-state index contributed by atoms with van der Waals surface area (Å²) >= 11 is 8.86. The van der Waals surface area contributed by atoms with Crippen LogP contribution in [-0.2, 0) is 16.3 Å². The molecular formula is C12H26NO2PS2. The van der Waals surface area contributed by atoms with Crippen LogP contribution >= 0.6 is 17.9 Å². The van der Waals surface area contributed by atoms with Crippen molar-refractivity contribution in [1.29, 1.82) is 0 Å². The maximum Gasteiger partial charge on any atom is 0.241 e. The molecule has 1 rings (SSSR count). The van der Waals surface area contributed by atoms with E-state index in [1.807, 2.05) is 0 Å². The summed E-state index contributed by atoms with van der Waals surface area (Å²) in [5.74, 6) is 2.29. The summed E-state index contributed by atoms with van der Waals surface area (Å²) in [6.07, 6.45) is 3.43. The van der Waals surface area contributed by atoms with E-state index < -0.39 is 5.69 Å². The van der Waals surface area contributed by atoms with Crippen molar-refractivity contribution in [1.82, 2.24) is 0 Å². The van der Waals surface area contributed by atoms with Crippen LogP contribution in [0.4, 0.5) is 0 Å². The highest BCUT2D eigenvalue weighted by atomic mass is 32.9. The molecule has 0 heterocycles. The maximum absolute atomic E-state index is 9.65. The molecular weight excluding hydrogens is 285 g/mol. The van der Waals surface area contributed by atoms with E-state index in [4.69, 9.17) is 22.1 Å². The van der Waals surface area contributed by atoms with Gasteiger partial charge in [0.1, 0.15) is 0 Å². The van der Waals surface area contributed by atoms with Crippen LogP contribution in [0, 0.1) is 23.7 Å². The quantitative estimate of drug-likeness (QED) is 0.539. The van der Waals surface area contributed by atoms with E-state index in [9.17, 15) is 4.89 Å². The maximum atomic E-state index is 9.65. The van der Waals surface area contributed by atoms with E-state index in [0.717, 1.165) is 6.42 Å². The highest BCUT2D eigenvalue weighted by Crippen LogP contribution is 2.51. The third kappa shape index (κ3) is 5.10. The first kappa shape index (κ1) is 16.9. The van der Waals surface area contributed by atoms with Crippen molar-refractivity contribution in [3.63, 3.8) is 0 Å². The van der Waals surface area contributed by atoms with Crippen LogP contribution < -0.4 is 5.73 Å². The van der Waals surface area contributed by atoms with Crippen molar-refractivity contribution in [2.75, 3.05) is 6.54 Å². The number of hydrogen-bond donors (Lipinski definition) is 3. The van der Waals surface area contributed by atoms with Crippen LogP contribution in [0.3, 0.4) is 0 Å². The molecule has 1 aliphatic carbocycles. The molecule has 6 heteroatoms. The van der Waals surface area contributed by atoms with Gasteiger partial charge < -0.3 is 15.2 Å². The Bertz CT molecular complexity index is 308. The molecule has 108 valence electrons. The molecule has 0 aromatic heterocycles. The van der Waals surface area contributed by atoms with Crippen molar-refractivity contribution in [2.24, 2.45) is 29.4 Å². The predicted octanol–water partition coefficient (Wildman–Crippen LogP) is 3.19. The minimum atomic E-state index is -2.93. The van der Waals surface area contributed by atoms with E-state index >= 15 is 0 Å². The van der Waals surface area contributed by atoms with Crippen molar-refractivity contribution in [3.8, 4) is 0 Å². The molecule has 0 radical (unpaired) electrons. The van der Waals surface area contributed by atoms with Crippen LogP contribution in [0.15, 0.2) is 0 Å². The smallest absolute Gasteiger partial charge is 0.241 e. The minimum absolute atomic E-state index is 0.159. The fourth-order valence-electron chi connectivity index (χ4n) is 3.18. The molecule has 0 aromatic carbocycles. The van der Waals surface area contributed by atoms with Gasteiger partial charge in [-0.1, -0.05) is 39.4 Å². The molecule has 1 fully saturated rings. The van der Waals surface area contributed by atoms with Crippen LogP contribution in [-0.4, -0.2) is 17.5 Å². The molecule has 0 amide bonds. The fraction of sp³-hybridized carbons (Fsp3) is 1.00. The zero-order chi connectivity index (χ0) is 13.9. The highest BCUT2D eigenvalue weighted by molar-refractivity contribution is 8.59. The molecule has 5 unspecified atom stereocenters. The molecule has 0 aliphatic heterocycles. The lowest BCUT2D eigenvalue weighted by atomic mass is 9.68. The second-order valence-electron chi connectivity index (χ2n) is 5.86. The van der Waals surface area contributed by atoms with E-state index in [1.54, 1.807) is 0 Å². The van der Waals surface area contributed by atoms with E-state index in [-0.39, 0.29) is 6.10 Å². The van der Waals surface area contributed by atoms with Gasteiger partial charge in [0.05, 0.1) is 6.10 Å². The van der Waals surface area contributed by atoms with Gasteiger partial charge in [0.2, 0.25) is 5.69 Å². The van der Waals surface area contributed by atoms with Gasteiger partial charge >= 0.3 is 0 Å². The average Bonchev–Trinajstić information content (AvgIpc) is 2.24. The van der Waals surface area contributed by atoms with Gasteiger partial charge in [-0.15, -0.1) is 0 Å². The van der Waals surface area contributed by atoms with Crippen molar-refractivity contribution in [3.05, 3.63) is 0 Å². The Balaban J connectivity index is 2.81. The Morgan fingerprint density at radius 1 is 1.44 bits per heavy atom. The van der Waals surface area contributed by atoms with Crippen LogP contribution in [0.1, 0.15) is 40.0 Å². The van der Waals surface area contributed by atoms with E-state index in [0.29, 0.717) is 30.2 Å². The van der Waals surface area contributed by atoms with Gasteiger partial charge in [0.15, 0.2) is 0 Å². The zero-order valence-electron chi connectivity index (χ0n) is 11.5. The highest BCUT2D eigenvalue weighted by Gasteiger charge is 2.37. The van der Waals surface area contributed by atoms with Gasteiger partial charge in [-0.3, -0.25) is 0 Å². The largest absolute Gasteiger partial charge is 0.338 e. The molecule has 1 aliphatic rings. The molecule has 3 N–H and O–H groups in total. The van der Waals surface area contributed by atoms with Crippen molar-refractivity contribution < 1.29 is 9.42 Å². The summed E-state index contributed by atoms with van der Waals surface area (Å²) in [6, 6.07) is 0. The Morgan fingerprint density at radius 2 is 2.06 bits per heavy atom. The van der Waals surface area contributed by atoms with Crippen LogP contribution in [0.2, 0.25) is 0 Å². The predicted molar refractivity (Wildman–Crippen MR) is 84.3 cm³/mol. The summed E-state index contributed by atoms with van der Waals surface area (Å²) in [4.78, 5) is 9.65. The summed E-state index contributed by atoms with van der Waals surface area (Å²) in [6.45, 7) is 7.17. The summed E-state index contributed by atoms with van der Waals surface area (Å²) in [7, 11) is 0. The summed E-state index contributed by atoms with van der Waals surface area (Å²) in [5, 5.41) is 0. The lowest BCUT2D eigenvalue weighted by molar-refractivity contribution is 0.0387. The van der Waals surface area contributed by atoms with Gasteiger partial charge in [-0.25, -0.2) is 0 Å². The lowest BCUT2D eigenvalue weighted by Gasteiger charge is -2.41. The zero-order valence-corrected chi connectivity index (χ0v) is 14.1. The molecule has 1 saturated carbocycles. The molecule has 5 atom stereocenters. The first-order valence-corrected chi connectivity index (χ1v) is 10.5. The Morgan fingerprint density at radius 3 is 2.50 bits per heavy atom. The molecule has 0 bridgehead atoms. The first-order valence-electron chi connectivity index (χ1n) is 6.68. The van der Waals surface area contributed by atoms with Crippen molar-refractivity contribution in [2.45, 2.75) is 46.1 Å². The monoisotopic (exact) mass is 311 g/mol. The van der Waals surface area contributed by atoms with Crippen molar-refractivity contribution >= 4 is 29.7 Å². The standard InChI is InChI=1S/C12H26NO2PS2/c1-8(2)10-5-4-9(3)6-11(10)12(7-13)15-16(14,17)18/h8-12H,4-7,13H2,1-3H3,(H2,14,17,18). The summed E-state index contributed by atoms with van der Waals surface area (Å²) in [5.41, 5.74) is 2.89. The third-order valence-corrected chi connectivity index (χ3v) is 5.14. The third-order valence-electron chi connectivity index (χ3n) is 4.06. The van der Waals surface area contributed by atoms with Gasteiger partial charge in [-0.05, 0) is 48.3 Å². The molecule has 0 saturated heterocycles. The van der Waals surface area contributed by atoms with E-state index in [1.165, 1.54) is 12.8 Å². The first-order chi connectivity index (χ1) is 8.24. The number of hydrogen-bond acceptors (Lipinski definition) is 3. The molecule has 3 nitrogen and oxygen atoms in total. The Labute approximate surface area is 121 Å². The lowest BCUT2D eigenvalue weighted by Crippen LogP contribution is -2.40. The average molecular weight is 311 g/mol. The SMILES string of the molecule is CC1CCC(C(C)C)C(C(CN)OP(O)(=S)S)C1. The number of thiol groups is 1.